The van der Waals surface area contributed by atoms with Gasteiger partial charge < -0.3 is 19.3 Å². The quantitative estimate of drug-likeness (QED) is 0.763. The van der Waals surface area contributed by atoms with Crippen molar-refractivity contribution in [2.75, 3.05) is 26.7 Å². The smallest absolute Gasteiger partial charge is 0.140 e. The molecule has 1 fully saturated rings. The molecule has 1 aliphatic heterocycles. The zero-order chi connectivity index (χ0) is 19.4. The number of piperidine rings is 1. The lowest BCUT2D eigenvalue weighted by Gasteiger charge is -2.39. The Morgan fingerprint density at radius 2 is 2.11 bits per heavy atom. The summed E-state index contributed by atoms with van der Waals surface area (Å²) in [5, 5.41) is 15.3. The third-order valence-electron chi connectivity index (χ3n) is 6.11. The third-order valence-corrected chi connectivity index (χ3v) is 6.11. The minimum atomic E-state index is -0.700. The average molecular weight is 383 g/mol. The first-order valence-electron chi connectivity index (χ1n) is 10.3. The fourth-order valence-corrected chi connectivity index (χ4v) is 4.35. The van der Waals surface area contributed by atoms with Crippen LogP contribution in [0.1, 0.15) is 37.9 Å². The highest BCUT2D eigenvalue weighted by molar-refractivity contribution is 5.60. The van der Waals surface area contributed by atoms with Gasteiger partial charge in [-0.05, 0) is 50.2 Å². The predicted octanol–water partition coefficient (Wildman–Crippen LogP) is 4.08. The summed E-state index contributed by atoms with van der Waals surface area (Å²) in [6, 6.07) is 9.71. The van der Waals surface area contributed by atoms with Crippen LogP contribution in [0.5, 0.6) is 5.75 Å². The van der Waals surface area contributed by atoms with E-state index in [9.17, 15) is 5.11 Å². The highest BCUT2D eigenvalue weighted by Gasteiger charge is 2.34. The number of ether oxygens (including phenoxy) is 1. The largest absolute Gasteiger partial charge is 0.497 e. The number of nitrogens with zero attached hydrogens (tertiary/aromatic N) is 2. The zero-order valence-corrected chi connectivity index (χ0v) is 16.6. The molecule has 2 aromatic rings. The average Bonchev–Trinajstić information content (AvgIpc) is 3.19. The van der Waals surface area contributed by atoms with Crippen molar-refractivity contribution in [3.05, 3.63) is 48.2 Å². The standard InChI is InChI=1S/C23H30N2O3/c1-27-20-9-5-8-19(14-20)22-15-21(28-24-22)16-23(26)10-12-25(13-11-23)17-18-6-3-2-4-7-18/h2-3,5,8-9,14-15,18,26H,4,6-7,10-13,16-17H2,1H3/t18-/m1/s1. The number of hydrogen-bond acceptors (Lipinski definition) is 5. The summed E-state index contributed by atoms with van der Waals surface area (Å²) in [6.07, 6.45) is 10.4. The minimum absolute atomic E-state index is 0.518. The second kappa shape index (κ2) is 8.50. The molecular formula is C23H30N2O3. The van der Waals surface area contributed by atoms with E-state index in [-0.39, 0.29) is 0 Å². The maximum Gasteiger partial charge on any atom is 0.140 e. The van der Waals surface area contributed by atoms with Gasteiger partial charge in [-0.3, -0.25) is 0 Å². The molecule has 0 saturated carbocycles. The van der Waals surface area contributed by atoms with Gasteiger partial charge in [0.25, 0.3) is 0 Å². The van der Waals surface area contributed by atoms with Gasteiger partial charge in [-0.1, -0.05) is 29.4 Å². The Kier molecular flexibility index (Phi) is 5.83. The zero-order valence-electron chi connectivity index (χ0n) is 16.6. The normalized spacial score (nSPS) is 22.3. The van der Waals surface area contributed by atoms with Crippen molar-refractivity contribution in [3.8, 4) is 17.0 Å². The van der Waals surface area contributed by atoms with Crippen LogP contribution in [-0.2, 0) is 6.42 Å². The molecular weight excluding hydrogens is 352 g/mol. The Hall–Kier alpha value is -2.11. The maximum absolute atomic E-state index is 11.1. The lowest BCUT2D eigenvalue weighted by Crippen LogP contribution is -2.46. The molecule has 1 N–H and O–H groups in total. The van der Waals surface area contributed by atoms with Crippen LogP contribution in [0.25, 0.3) is 11.3 Å². The monoisotopic (exact) mass is 382 g/mol. The molecule has 4 rings (SSSR count). The van der Waals surface area contributed by atoms with Gasteiger partial charge in [-0.2, -0.15) is 0 Å². The molecule has 2 heterocycles. The van der Waals surface area contributed by atoms with Crippen LogP contribution in [0, 0.1) is 5.92 Å². The van der Waals surface area contributed by atoms with Gasteiger partial charge in [0.05, 0.1) is 12.7 Å². The SMILES string of the molecule is COc1cccc(-c2cc(CC3(O)CCN(C[C@@H]4CC=CCC4)CC3)on2)c1. The number of methoxy groups -OCH3 is 1. The minimum Gasteiger partial charge on any atom is -0.497 e. The van der Waals surface area contributed by atoms with Crippen molar-refractivity contribution in [1.82, 2.24) is 10.1 Å². The number of allylic oxidation sites excluding steroid dienone is 2. The molecule has 1 saturated heterocycles. The first kappa shape index (κ1) is 19.2. The van der Waals surface area contributed by atoms with E-state index < -0.39 is 5.60 Å². The van der Waals surface area contributed by atoms with E-state index in [1.54, 1.807) is 7.11 Å². The number of rotatable bonds is 6. The van der Waals surface area contributed by atoms with E-state index in [1.807, 2.05) is 30.3 Å². The summed E-state index contributed by atoms with van der Waals surface area (Å²) in [5.74, 6) is 2.31. The lowest BCUT2D eigenvalue weighted by atomic mass is 9.86. The van der Waals surface area contributed by atoms with Gasteiger partial charge >= 0.3 is 0 Å². The van der Waals surface area contributed by atoms with Crippen molar-refractivity contribution in [1.29, 1.82) is 0 Å². The third kappa shape index (κ3) is 4.65. The van der Waals surface area contributed by atoms with Crippen molar-refractivity contribution < 1.29 is 14.4 Å². The van der Waals surface area contributed by atoms with Crippen LogP contribution in [0.4, 0.5) is 0 Å². The Morgan fingerprint density at radius 3 is 2.86 bits per heavy atom. The van der Waals surface area contributed by atoms with Crippen LogP contribution >= 0.6 is 0 Å². The number of benzene rings is 1. The molecule has 0 spiro atoms. The molecule has 0 bridgehead atoms. The molecule has 1 atom stereocenters. The summed E-state index contributed by atoms with van der Waals surface area (Å²) in [5.41, 5.74) is 1.03. The first-order chi connectivity index (χ1) is 13.6. The molecule has 0 amide bonds. The van der Waals surface area contributed by atoms with Gasteiger partial charge in [-0.15, -0.1) is 0 Å². The summed E-state index contributed by atoms with van der Waals surface area (Å²) >= 11 is 0. The number of aliphatic hydroxyl groups is 1. The summed E-state index contributed by atoms with van der Waals surface area (Å²) in [6.45, 7) is 3.06. The van der Waals surface area contributed by atoms with Crippen LogP contribution < -0.4 is 4.74 Å². The van der Waals surface area contributed by atoms with E-state index in [2.05, 4.69) is 22.2 Å². The highest BCUT2D eigenvalue weighted by Crippen LogP contribution is 2.30. The molecule has 1 aromatic carbocycles. The van der Waals surface area contributed by atoms with Crippen molar-refractivity contribution in [2.45, 2.75) is 44.1 Å². The van der Waals surface area contributed by atoms with Gasteiger partial charge in [0.15, 0.2) is 0 Å². The van der Waals surface area contributed by atoms with E-state index in [1.165, 1.54) is 19.3 Å². The van der Waals surface area contributed by atoms with Gasteiger partial charge in [0.1, 0.15) is 17.2 Å². The Balaban J connectivity index is 1.33. The summed E-state index contributed by atoms with van der Waals surface area (Å²) in [7, 11) is 1.65. The molecule has 150 valence electrons. The summed E-state index contributed by atoms with van der Waals surface area (Å²) in [4.78, 5) is 2.51. The number of hydrogen-bond donors (Lipinski definition) is 1. The van der Waals surface area contributed by atoms with Crippen molar-refractivity contribution >= 4 is 0 Å². The molecule has 5 heteroatoms. The summed E-state index contributed by atoms with van der Waals surface area (Å²) < 4.78 is 10.8. The van der Waals surface area contributed by atoms with Crippen LogP contribution in [0.2, 0.25) is 0 Å². The van der Waals surface area contributed by atoms with E-state index in [0.717, 1.165) is 61.2 Å². The fraction of sp³-hybridized carbons (Fsp3) is 0.522. The van der Waals surface area contributed by atoms with E-state index in [0.29, 0.717) is 6.42 Å². The molecule has 1 aliphatic carbocycles. The predicted molar refractivity (Wildman–Crippen MR) is 109 cm³/mol. The molecule has 28 heavy (non-hydrogen) atoms. The molecule has 0 unspecified atom stereocenters. The topological polar surface area (TPSA) is 58.7 Å². The van der Waals surface area contributed by atoms with Crippen LogP contribution in [0.3, 0.4) is 0 Å². The van der Waals surface area contributed by atoms with Gasteiger partial charge in [0.2, 0.25) is 0 Å². The fourth-order valence-electron chi connectivity index (χ4n) is 4.35. The Bertz CT molecular complexity index is 806. The lowest BCUT2D eigenvalue weighted by molar-refractivity contribution is -0.0278. The number of likely N-dealkylation sites (tertiary alicyclic amines) is 1. The first-order valence-corrected chi connectivity index (χ1v) is 10.3. The second-order valence-electron chi connectivity index (χ2n) is 8.26. The molecule has 2 aliphatic rings. The van der Waals surface area contributed by atoms with Gasteiger partial charge in [0, 0.05) is 37.7 Å². The van der Waals surface area contributed by atoms with Crippen molar-refractivity contribution in [3.63, 3.8) is 0 Å². The number of aromatic nitrogens is 1. The Morgan fingerprint density at radius 1 is 1.25 bits per heavy atom. The van der Waals surface area contributed by atoms with E-state index in [4.69, 9.17) is 9.26 Å². The van der Waals surface area contributed by atoms with E-state index >= 15 is 0 Å². The Labute approximate surface area is 167 Å². The van der Waals surface area contributed by atoms with Gasteiger partial charge in [-0.25, -0.2) is 0 Å². The molecule has 5 nitrogen and oxygen atoms in total. The van der Waals surface area contributed by atoms with Crippen LogP contribution in [-0.4, -0.2) is 47.5 Å². The van der Waals surface area contributed by atoms with Crippen molar-refractivity contribution in [2.24, 2.45) is 5.92 Å². The molecule has 0 radical (unpaired) electrons. The second-order valence-corrected chi connectivity index (χ2v) is 8.26. The molecule has 1 aromatic heterocycles. The highest BCUT2D eigenvalue weighted by atomic mass is 16.5. The maximum atomic E-state index is 11.1. The van der Waals surface area contributed by atoms with Crippen LogP contribution in [0.15, 0.2) is 47.0 Å².